The van der Waals surface area contributed by atoms with Gasteiger partial charge in [0, 0.05) is 18.6 Å². The normalized spacial score (nSPS) is 10.8. The van der Waals surface area contributed by atoms with Crippen molar-refractivity contribution < 1.29 is 9.59 Å². The van der Waals surface area contributed by atoms with Gasteiger partial charge in [-0.2, -0.15) is 10.2 Å². The summed E-state index contributed by atoms with van der Waals surface area (Å²) in [7, 11) is 1.78. The molecule has 1 aromatic carbocycles. The Hall–Kier alpha value is -2.84. The molecule has 2 N–H and O–H groups in total. The van der Waals surface area contributed by atoms with Crippen LogP contribution in [0.2, 0.25) is 10.0 Å². The lowest BCUT2D eigenvalue weighted by atomic mass is 10.2. The van der Waals surface area contributed by atoms with Crippen LogP contribution < -0.4 is 10.6 Å². The lowest BCUT2D eigenvalue weighted by Gasteiger charge is -2.10. The molecular formula is C18H18Cl2N6O2. The third-order valence-electron chi connectivity index (χ3n) is 4.26. The molecule has 10 heteroatoms. The van der Waals surface area contributed by atoms with E-state index >= 15 is 0 Å². The number of carbonyl (C=O) groups excluding carboxylic acids is 2. The van der Waals surface area contributed by atoms with Crippen LogP contribution in [0.1, 0.15) is 33.5 Å². The molecule has 0 saturated carbocycles. The molecular weight excluding hydrogens is 403 g/mol. The molecule has 0 saturated heterocycles. The minimum Gasteiger partial charge on any atom is -0.319 e. The van der Waals surface area contributed by atoms with Crippen molar-refractivity contribution >= 4 is 46.4 Å². The molecule has 0 fully saturated rings. The molecule has 8 nitrogen and oxygen atoms in total. The van der Waals surface area contributed by atoms with Crippen LogP contribution in [0.25, 0.3) is 0 Å². The minimum absolute atomic E-state index is 0.213. The first-order valence-electron chi connectivity index (χ1n) is 8.44. The predicted octanol–water partition coefficient (Wildman–Crippen LogP) is 3.76. The molecule has 2 heterocycles. The van der Waals surface area contributed by atoms with Gasteiger partial charge in [-0.1, -0.05) is 23.2 Å². The number of aromatic nitrogens is 4. The molecule has 146 valence electrons. The van der Waals surface area contributed by atoms with Gasteiger partial charge in [0.1, 0.15) is 5.69 Å². The second-order valence-corrected chi connectivity index (χ2v) is 6.87. The maximum absolute atomic E-state index is 12.9. The minimum atomic E-state index is -0.469. The summed E-state index contributed by atoms with van der Waals surface area (Å²) in [6, 6.07) is 4.56. The number of nitrogens with one attached hydrogen (secondary N) is 2. The fourth-order valence-electron chi connectivity index (χ4n) is 2.62. The molecule has 3 aromatic rings. The molecule has 0 radical (unpaired) electrons. The van der Waals surface area contributed by atoms with E-state index in [1.807, 2.05) is 13.8 Å². The van der Waals surface area contributed by atoms with Crippen molar-refractivity contribution in [1.29, 1.82) is 0 Å². The number of hydrogen-bond acceptors (Lipinski definition) is 4. The number of halogens is 2. The van der Waals surface area contributed by atoms with Gasteiger partial charge in [0.05, 0.1) is 40.0 Å². The summed E-state index contributed by atoms with van der Waals surface area (Å²) in [5, 5.41) is 14.4. The summed E-state index contributed by atoms with van der Waals surface area (Å²) in [5.41, 5.74) is 2.12. The van der Waals surface area contributed by atoms with Gasteiger partial charge in [0.2, 0.25) is 0 Å². The molecule has 28 heavy (non-hydrogen) atoms. The predicted molar refractivity (Wildman–Crippen MR) is 108 cm³/mol. The molecule has 0 bridgehead atoms. The van der Waals surface area contributed by atoms with Crippen molar-refractivity contribution in [3.8, 4) is 0 Å². The van der Waals surface area contributed by atoms with Crippen molar-refractivity contribution in [3.63, 3.8) is 0 Å². The first kappa shape index (κ1) is 19.9. The van der Waals surface area contributed by atoms with Crippen LogP contribution >= 0.6 is 23.2 Å². The van der Waals surface area contributed by atoms with Crippen LogP contribution in [0.4, 0.5) is 11.4 Å². The van der Waals surface area contributed by atoms with Crippen LogP contribution in [-0.2, 0) is 13.6 Å². The molecule has 0 spiro atoms. The third kappa shape index (κ3) is 3.88. The van der Waals surface area contributed by atoms with Gasteiger partial charge in [-0.25, -0.2) is 0 Å². The summed E-state index contributed by atoms with van der Waals surface area (Å²) in [5.74, 6) is -0.878. The largest absolute Gasteiger partial charge is 0.319 e. The molecule has 2 amide bonds. The van der Waals surface area contributed by atoms with Crippen LogP contribution in [-0.4, -0.2) is 31.4 Å². The first-order valence-corrected chi connectivity index (χ1v) is 9.19. The zero-order valence-electron chi connectivity index (χ0n) is 15.5. The average molecular weight is 421 g/mol. The number of aryl methyl sites for hydroxylation is 2. The number of carbonyl (C=O) groups is 2. The molecule has 0 unspecified atom stereocenters. The molecule has 0 atom stereocenters. The first-order chi connectivity index (χ1) is 13.3. The number of amides is 2. The van der Waals surface area contributed by atoms with E-state index in [1.54, 1.807) is 24.0 Å². The van der Waals surface area contributed by atoms with Crippen LogP contribution in [0.3, 0.4) is 0 Å². The highest BCUT2D eigenvalue weighted by Gasteiger charge is 2.22. The summed E-state index contributed by atoms with van der Waals surface area (Å²) in [6.45, 7) is 4.14. The Labute approximate surface area is 171 Å². The quantitative estimate of drug-likeness (QED) is 0.656. The summed E-state index contributed by atoms with van der Waals surface area (Å²) in [4.78, 5) is 25.5. The Morgan fingerprint density at radius 3 is 2.36 bits per heavy atom. The zero-order chi connectivity index (χ0) is 20.4. The summed E-state index contributed by atoms with van der Waals surface area (Å²) in [6.07, 6.45) is 2.99. The van der Waals surface area contributed by atoms with E-state index in [0.717, 1.165) is 5.69 Å². The fourth-order valence-corrected chi connectivity index (χ4v) is 3.12. The van der Waals surface area contributed by atoms with Crippen LogP contribution in [0.5, 0.6) is 0 Å². The number of hydrogen-bond donors (Lipinski definition) is 2. The highest BCUT2D eigenvalue weighted by Crippen LogP contribution is 2.24. The Morgan fingerprint density at radius 1 is 1.07 bits per heavy atom. The molecule has 2 aromatic heterocycles. The molecule has 0 aliphatic carbocycles. The Morgan fingerprint density at radius 2 is 1.75 bits per heavy atom. The zero-order valence-corrected chi connectivity index (χ0v) is 17.0. The maximum Gasteiger partial charge on any atom is 0.276 e. The highest BCUT2D eigenvalue weighted by molar-refractivity contribution is 6.37. The highest BCUT2D eigenvalue weighted by atomic mass is 35.5. The van der Waals surface area contributed by atoms with Gasteiger partial charge in [-0.05, 0) is 32.0 Å². The van der Waals surface area contributed by atoms with E-state index in [4.69, 9.17) is 23.2 Å². The topological polar surface area (TPSA) is 93.8 Å². The van der Waals surface area contributed by atoms with E-state index in [2.05, 4.69) is 20.8 Å². The average Bonchev–Trinajstić information content (AvgIpc) is 3.19. The van der Waals surface area contributed by atoms with Gasteiger partial charge in [0.25, 0.3) is 11.8 Å². The summed E-state index contributed by atoms with van der Waals surface area (Å²) >= 11 is 12.0. The second-order valence-electron chi connectivity index (χ2n) is 6.02. The Kier molecular flexibility index (Phi) is 5.71. The van der Waals surface area contributed by atoms with Gasteiger partial charge < -0.3 is 10.6 Å². The van der Waals surface area contributed by atoms with Gasteiger partial charge in [-0.15, -0.1) is 0 Å². The maximum atomic E-state index is 12.9. The number of nitrogens with zero attached hydrogens (tertiary/aromatic N) is 4. The van der Waals surface area contributed by atoms with Crippen molar-refractivity contribution in [3.05, 3.63) is 57.6 Å². The van der Waals surface area contributed by atoms with E-state index in [0.29, 0.717) is 17.3 Å². The Balaban J connectivity index is 1.88. The van der Waals surface area contributed by atoms with Gasteiger partial charge in [-0.3, -0.25) is 19.0 Å². The van der Waals surface area contributed by atoms with Crippen molar-refractivity contribution in [1.82, 2.24) is 19.6 Å². The number of rotatable bonds is 5. The fraction of sp³-hybridized carbons (Fsp3) is 0.222. The molecule has 0 aliphatic heterocycles. The molecule has 0 aliphatic rings. The van der Waals surface area contributed by atoms with Crippen molar-refractivity contribution in [2.45, 2.75) is 20.4 Å². The molecule has 3 rings (SSSR count). The second kappa shape index (κ2) is 8.04. The van der Waals surface area contributed by atoms with Crippen LogP contribution in [0.15, 0.2) is 30.6 Å². The number of benzene rings is 1. The SMILES string of the molecule is CCn1ncc(NC(=O)c2ccc(Cl)cc2Cl)c1C(=O)Nc1cnn(C)c1C. The van der Waals surface area contributed by atoms with E-state index in [9.17, 15) is 9.59 Å². The van der Waals surface area contributed by atoms with Crippen molar-refractivity contribution in [2.75, 3.05) is 10.6 Å². The van der Waals surface area contributed by atoms with Gasteiger partial charge >= 0.3 is 0 Å². The Bertz CT molecular complexity index is 1060. The monoisotopic (exact) mass is 420 g/mol. The lowest BCUT2D eigenvalue weighted by Crippen LogP contribution is -2.21. The van der Waals surface area contributed by atoms with Crippen molar-refractivity contribution in [2.24, 2.45) is 7.05 Å². The van der Waals surface area contributed by atoms with Gasteiger partial charge in [0.15, 0.2) is 0 Å². The standard InChI is InChI=1S/C18H18Cl2N6O2/c1-4-26-16(18(28)23-14-8-21-25(3)10(14)2)15(9-22-26)24-17(27)12-6-5-11(19)7-13(12)20/h5-9H,4H2,1-3H3,(H,23,28)(H,24,27). The summed E-state index contributed by atoms with van der Waals surface area (Å²) < 4.78 is 3.15. The van der Waals surface area contributed by atoms with Crippen LogP contribution in [0, 0.1) is 6.92 Å². The number of anilines is 2. The lowest BCUT2D eigenvalue weighted by molar-refractivity contribution is 0.101. The smallest absolute Gasteiger partial charge is 0.276 e. The van der Waals surface area contributed by atoms with E-state index in [1.165, 1.54) is 23.0 Å². The van der Waals surface area contributed by atoms with E-state index < -0.39 is 11.8 Å². The third-order valence-corrected chi connectivity index (χ3v) is 4.81. The van der Waals surface area contributed by atoms with E-state index in [-0.39, 0.29) is 22.0 Å².